The van der Waals surface area contributed by atoms with Gasteiger partial charge in [0.25, 0.3) is 11.8 Å². The van der Waals surface area contributed by atoms with Crippen molar-refractivity contribution in [3.63, 3.8) is 0 Å². The van der Waals surface area contributed by atoms with Crippen LogP contribution in [0.1, 0.15) is 39.4 Å². The van der Waals surface area contributed by atoms with Gasteiger partial charge in [0.1, 0.15) is 11.4 Å². The molecule has 0 spiro atoms. The minimum absolute atomic E-state index is 0.0702. The topological polar surface area (TPSA) is 71.5 Å². The zero-order valence-corrected chi connectivity index (χ0v) is 14.9. The van der Waals surface area contributed by atoms with Gasteiger partial charge in [-0.3, -0.25) is 9.59 Å². The predicted octanol–water partition coefficient (Wildman–Crippen LogP) is 2.26. The second-order valence-corrected chi connectivity index (χ2v) is 6.40. The van der Waals surface area contributed by atoms with Crippen molar-refractivity contribution in [2.24, 2.45) is 0 Å². The summed E-state index contributed by atoms with van der Waals surface area (Å²) in [4.78, 5) is 30.7. The molecule has 2 aromatic rings. The Balaban J connectivity index is 1.61. The number of nitrogens with one attached hydrogen (secondary N) is 1. The molecule has 1 saturated heterocycles. The van der Waals surface area contributed by atoms with Gasteiger partial charge in [0, 0.05) is 26.7 Å². The van der Waals surface area contributed by atoms with E-state index in [9.17, 15) is 9.59 Å². The Kier molecular flexibility index (Phi) is 5.96. The number of benzene rings is 1. The van der Waals surface area contributed by atoms with Crippen molar-refractivity contribution in [2.45, 2.75) is 25.5 Å². The van der Waals surface area contributed by atoms with E-state index in [4.69, 9.17) is 4.74 Å². The van der Waals surface area contributed by atoms with Gasteiger partial charge in [0.15, 0.2) is 0 Å². The molecule has 26 heavy (non-hydrogen) atoms. The summed E-state index contributed by atoms with van der Waals surface area (Å²) in [6, 6.07) is 14.6. The highest BCUT2D eigenvalue weighted by Crippen LogP contribution is 2.11. The lowest BCUT2D eigenvalue weighted by molar-refractivity contribution is 0.0778. The van der Waals surface area contributed by atoms with Crippen LogP contribution < -0.4 is 5.32 Å². The van der Waals surface area contributed by atoms with Crippen LogP contribution in [0, 0.1) is 0 Å². The molecule has 6 nitrogen and oxygen atoms in total. The van der Waals surface area contributed by atoms with Crippen LogP contribution in [0.15, 0.2) is 48.5 Å². The van der Waals surface area contributed by atoms with E-state index >= 15 is 0 Å². The van der Waals surface area contributed by atoms with Crippen molar-refractivity contribution >= 4 is 11.8 Å². The molecule has 1 unspecified atom stereocenters. The molecule has 1 aliphatic rings. The molecule has 2 amide bonds. The Morgan fingerprint density at radius 2 is 1.92 bits per heavy atom. The zero-order chi connectivity index (χ0) is 18.4. The van der Waals surface area contributed by atoms with Crippen molar-refractivity contribution in [1.29, 1.82) is 0 Å². The maximum atomic E-state index is 12.6. The number of amides is 2. The normalized spacial score (nSPS) is 16.3. The number of aromatic nitrogens is 1. The molecule has 1 aliphatic heterocycles. The Morgan fingerprint density at radius 3 is 2.65 bits per heavy atom. The Labute approximate surface area is 153 Å². The lowest BCUT2D eigenvalue weighted by Gasteiger charge is -2.17. The summed E-state index contributed by atoms with van der Waals surface area (Å²) >= 11 is 0. The van der Waals surface area contributed by atoms with Gasteiger partial charge >= 0.3 is 0 Å². The number of hydrogen-bond donors (Lipinski definition) is 1. The first kappa shape index (κ1) is 18.1. The van der Waals surface area contributed by atoms with Gasteiger partial charge in [-0.15, -0.1) is 0 Å². The fourth-order valence-corrected chi connectivity index (χ4v) is 2.91. The fraction of sp³-hybridized carbons (Fsp3) is 0.350. The van der Waals surface area contributed by atoms with Gasteiger partial charge in [-0.05, 0) is 30.5 Å². The molecule has 1 N–H and O–H groups in total. The van der Waals surface area contributed by atoms with Crippen LogP contribution in [-0.2, 0) is 11.3 Å². The van der Waals surface area contributed by atoms with Gasteiger partial charge in [0.05, 0.1) is 6.10 Å². The summed E-state index contributed by atoms with van der Waals surface area (Å²) in [5.41, 5.74) is 1.53. The first-order chi connectivity index (χ1) is 12.6. The maximum Gasteiger partial charge on any atom is 0.272 e. The second kappa shape index (κ2) is 8.58. The zero-order valence-electron chi connectivity index (χ0n) is 14.9. The first-order valence-corrected chi connectivity index (χ1v) is 8.80. The molecule has 1 aromatic carbocycles. The van der Waals surface area contributed by atoms with Crippen molar-refractivity contribution in [2.75, 3.05) is 20.2 Å². The largest absolute Gasteiger partial charge is 0.376 e. The smallest absolute Gasteiger partial charge is 0.272 e. The van der Waals surface area contributed by atoms with E-state index in [0.29, 0.717) is 13.1 Å². The molecule has 136 valence electrons. The van der Waals surface area contributed by atoms with E-state index in [1.165, 1.54) is 0 Å². The van der Waals surface area contributed by atoms with Crippen LogP contribution in [0.4, 0.5) is 0 Å². The van der Waals surface area contributed by atoms with Gasteiger partial charge in [-0.25, -0.2) is 4.98 Å². The minimum atomic E-state index is -0.291. The van der Waals surface area contributed by atoms with Crippen molar-refractivity contribution in [3.8, 4) is 0 Å². The van der Waals surface area contributed by atoms with Crippen LogP contribution >= 0.6 is 0 Å². The highest BCUT2D eigenvalue weighted by Gasteiger charge is 2.19. The molecule has 0 aliphatic carbocycles. The SMILES string of the molecule is CN(Cc1ccccc1)C(=O)c1cccc(C(=O)NCC2CCCO2)n1. The van der Waals surface area contributed by atoms with Crippen LogP contribution in [0.2, 0.25) is 0 Å². The molecule has 2 heterocycles. The molecule has 0 saturated carbocycles. The number of carbonyl (C=O) groups is 2. The standard InChI is InChI=1S/C20H23N3O3/c1-23(14-15-7-3-2-4-8-15)20(25)18-11-5-10-17(22-18)19(24)21-13-16-9-6-12-26-16/h2-5,7-8,10-11,16H,6,9,12-14H2,1H3,(H,21,24). The molecular formula is C20H23N3O3. The summed E-state index contributed by atoms with van der Waals surface area (Å²) in [5, 5.41) is 2.82. The molecular weight excluding hydrogens is 330 g/mol. The van der Waals surface area contributed by atoms with Crippen LogP contribution in [0.5, 0.6) is 0 Å². The van der Waals surface area contributed by atoms with Crippen molar-refractivity contribution in [1.82, 2.24) is 15.2 Å². The number of carbonyl (C=O) groups excluding carboxylic acids is 2. The highest BCUT2D eigenvalue weighted by molar-refractivity contribution is 5.96. The third-order valence-corrected chi connectivity index (χ3v) is 4.32. The van der Waals surface area contributed by atoms with E-state index in [1.54, 1.807) is 30.1 Å². The quantitative estimate of drug-likeness (QED) is 0.865. The molecule has 3 rings (SSSR count). The van der Waals surface area contributed by atoms with Gasteiger partial charge in [-0.2, -0.15) is 0 Å². The van der Waals surface area contributed by atoms with E-state index < -0.39 is 0 Å². The Hall–Kier alpha value is -2.73. The van der Waals surface area contributed by atoms with Crippen molar-refractivity contribution < 1.29 is 14.3 Å². The number of pyridine rings is 1. The van der Waals surface area contributed by atoms with Crippen LogP contribution in [-0.4, -0.2) is 48.0 Å². The average molecular weight is 353 g/mol. The summed E-state index contributed by atoms with van der Waals surface area (Å²) in [6.07, 6.45) is 2.05. The average Bonchev–Trinajstić information content (AvgIpc) is 3.20. The number of ether oxygens (including phenoxy) is 1. The van der Waals surface area contributed by atoms with Crippen LogP contribution in [0.25, 0.3) is 0 Å². The summed E-state index contributed by atoms with van der Waals surface area (Å²) < 4.78 is 5.49. The molecule has 1 atom stereocenters. The Morgan fingerprint density at radius 1 is 1.15 bits per heavy atom. The number of nitrogens with zero attached hydrogens (tertiary/aromatic N) is 2. The first-order valence-electron chi connectivity index (χ1n) is 8.80. The molecule has 6 heteroatoms. The Bertz CT molecular complexity index is 758. The van der Waals surface area contributed by atoms with E-state index in [1.807, 2.05) is 30.3 Å². The number of hydrogen-bond acceptors (Lipinski definition) is 4. The lowest BCUT2D eigenvalue weighted by atomic mass is 10.2. The van der Waals surface area contributed by atoms with Gasteiger partial charge in [0.2, 0.25) is 0 Å². The van der Waals surface area contributed by atoms with E-state index in [2.05, 4.69) is 10.3 Å². The van der Waals surface area contributed by atoms with Crippen LogP contribution in [0.3, 0.4) is 0 Å². The predicted molar refractivity (Wildman–Crippen MR) is 97.8 cm³/mol. The van der Waals surface area contributed by atoms with E-state index in [-0.39, 0.29) is 29.3 Å². The molecule has 0 radical (unpaired) electrons. The van der Waals surface area contributed by atoms with E-state index in [0.717, 1.165) is 25.0 Å². The van der Waals surface area contributed by atoms with Gasteiger partial charge in [-0.1, -0.05) is 36.4 Å². The van der Waals surface area contributed by atoms with Crippen molar-refractivity contribution in [3.05, 3.63) is 65.5 Å². The maximum absolute atomic E-state index is 12.6. The third kappa shape index (κ3) is 4.67. The highest BCUT2D eigenvalue weighted by atomic mass is 16.5. The second-order valence-electron chi connectivity index (χ2n) is 6.40. The molecule has 1 aromatic heterocycles. The molecule has 1 fully saturated rings. The summed E-state index contributed by atoms with van der Waals surface area (Å²) in [7, 11) is 1.72. The minimum Gasteiger partial charge on any atom is -0.376 e. The third-order valence-electron chi connectivity index (χ3n) is 4.32. The monoisotopic (exact) mass is 353 g/mol. The summed E-state index contributed by atoms with van der Waals surface area (Å²) in [6.45, 7) is 1.69. The number of rotatable bonds is 6. The van der Waals surface area contributed by atoms with Gasteiger partial charge < -0.3 is 15.0 Å². The lowest BCUT2D eigenvalue weighted by Crippen LogP contribution is -2.33. The fourth-order valence-electron chi connectivity index (χ4n) is 2.91. The summed E-state index contributed by atoms with van der Waals surface area (Å²) in [5.74, 6) is -0.511. The molecule has 0 bridgehead atoms.